The van der Waals surface area contributed by atoms with Crippen molar-refractivity contribution in [2.75, 3.05) is 13.2 Å². The monoisotopic (exact) mass is 237 g/mol. The van der Waals surface area contributed by atoms with Gasteiger partial charge in [-0.05, 0) is 27.7 Å². The van der Waals surface area contributed by atoms with Crippen LogP contribution in [-0.4, -0.2) is 39.5 Å². The van der Waals surface area contributed by atoms with E-state index in [-0.39, 0.29) is 5.54 Å². The Kier molecular flexibility index (Phi) is 3.27. The molecule has 1 aromatic rings. The maximum Gasteiger partial charge on any atom is 0.0675 e. The molecule has 4 heteroatoms. The fourth-order valence-electron chi connectivity index (χ4n) is 2.34. The zero-order chi connectivity index (χ0) is 12.6. The van der Waals surface area contributed by atoms with Crippen LogP contribution < -0.4 is 0 Å². The van der Waals surface area contributed by atoms with Crippen LogP contribution in [0.1, 0.15) is 32.0 Å². The zero-order valence-corrected chi connectivity index (χ0v) is 11.5. The molecule has 2 rings (SSSR count). The summed E-state index contributed by atoms with van der Waals surface area (Å²) in [6, 6.07) is 0. The van der Waals surface area contributed by atoms with E-state index < -0.39 is 0 Å². The summed E-state index contributed by atoms with van der Waals surface area (Å²) < 4.78 is 7.62. The number of hydrogen-bond acceptors (Lipinski definition) is 3. The minimum atomic E-state index is 0.106. The van der Waals surface area contributed by atoms with Gasteiger partial charge in [0, 0.05) is 37.4 Å². The lowest BCUT2D eigenvalue weighted by molar-refractivity contribution is -0.0950. The van der Waals surface area contributed by atoms with Gasteiger partial charge in [-0.15, -0.1) is 0 Å². The van der Waals surface area contributed by atoms with Gasteiger partial charge in [0.15, 0.2) is 0 Å². The summed E-state index contributed by atoms with van der Waals surface area (Å²) in [4.78, 5) is 2.49. The summed E-state index contributed by atoms with van der Waals surface area (Å²) in [6.07, 6.45) is 2.44. The van der Waals surface area contributed by atoms with Crippen molar-refractivity contribution in [2.24, 2.45) is 7.05 Å². The molecule has 1 saturated heterocycles. The number of nitrogens with zero attached hydrogens (tertiary/aromatic N) is 3. The third-order valence-corrected chi connectivity index (χ3v) is 3.53. The number of hydrogen-bond donors (Lipinski definition) is 0. The minimum Gasteiger partial charge on any atom is -0.375 e. The van der Waals surface area contributed by atoms with E-state index in [1.807, 2.05) is 11.7 Å². The Morgan fingerprint density at radius 2 is 2.24 bits per heavy atom. The van der Waals surface area contributed by atoms with Gasteiger partial charge in [-0.3, -0.25) is 9.58 Å². The van der Waals surface area contributed by atoms with E-state index in [0.717, 1.165) is 25.4 Å². The van der Waals surface area contributed by atoms with Gasteiger partial charge in [0.25, 0.3) is 0 Å². The molecule has 0 spiro atoms. The van der Waals surface area contributed by atoms with Gasteiger partial charge in [-0.2, -0.15) is 5.10 Å². The highest BCUT2D eigenvalue weighted by atomic mass is 16.5. The van der Waals surface area contributed by atoms with Crippen molar-refractivity contribution < 1.29 is 4.74 Å². The summed E-state index contributed by atoms with van der Waals surface area (Å²) in [7, 11) is 1.98. The largest absolute Gasteiger partial charge is 0.375 e. The van der Waals surface area contributed by atoms with Crippen molar-refractivity contribution in [3.63, 3.8) is 0 Å². The van der Waals surface area contributed by atoms with Crippen molar-refractivity contribution in [3.05, 3.63) is 17.5 Å². The number of ether oxygens (including phenoxy) is 1. The molecule has 1 fully saturated rings. The van der Waals surface area contributed by atoms with Gasteiger partial charge >= 0.3 is 0 Å². The van der Waals surface area contributed by atoms with E-state index in [0.29, 0.717) is 6.10 Å². The summed E-state index contributed by atoms with van der Waals surface area (Å²) in [6.45, 7) is 11.4. The lowest BCUT2D eigenvalue weighted by Gasteiger charge is -2.44. The van der Waals surface area contributed by atoms with Crippen LogP contribution in [0, 0.1) is 6.92 Å². The second kappa shape index (κ2) is 4.42. The number of morpholine rings is 1. The quantitative estimate of drug-likeness (QED) is 0.784. The van der Waals surface area contributed by atoms with Gasteiger partial charge in [0.1, 0.15) is 0 Å². The van der Waals surface area contributed by atoms with Crippen molar-refractivity contribution in [2.45, 2.75) is 45.9 Å². The molecule has 0 saturated carbocycles. The Balaban J connectivity index is 2.13. The fraction of sp³-hybridized carbons (Fsp3) is 0.769. The number of aryl methyl sites for hydroxylation is 2. The van der Waals surface area contributed by atoms with E-state index in [9.17, 15) is 0 Å². The molecule has 1 aromatic heterocycles. The summed E-state index contributed by atoms with van der Waals surface area (Å²) in [5.74, 6) is 0. The molecule has 0 aliphatic carbocycles. The van der Waals surface area contributed by atoms with Gasteiger partial charge in [-0.1, -0.05) is 0 Å². The number of rotatable bonds is 2. The van der Waals surface area contributed by atoms with Crippen molar-refractivity contribution >= 4 is 0 Å². The maximum atomic E-state index is 5.73. The molecule has 1 aliphatic rings. The lowest BCUT2D eigenvalue weighted by Crippen LogP contribution is -2.54. The molecule has 0 aromatic carbocycles. The van der Waals surface area contributed by atoms with Crippen LogP contribution in [0.25, 0.3) is 0 Å². The third-order valence-electron chi connectivity index (χ3n) is 3.53. The SMILES string of the molecule is Cc1nn(C)cc1CN1C[C@H](C)OCC1(C)C. The van der Waals surface area contributed by atoms with E-state index >= 15 is 0 Å². The van der Waals surface area contributed by atoms with Crippen molar-refractivity contribution in [1.29, 1.82) is 0 Å². The predicted octanol–water partition coefficient (Wildman–Crippen LogP) is 1.73. The van der Waals surface area contributed by atoms with E-state index in [1.165, 1.54) is 5.56 Å². The zero-order valence-electron chi connectivity index (χ0n) is 11.5. The molecule has 4 nitrogen and oxygen atoms in total. The molecule has 0 N–H and O–H groups in total. The van der Waals surface area contributed by atoms with Crippen LogP contribution in [0.5, 0.6) is 0 Å². The second-order valence-electron chi connectivity index (χ2n) is 5.73. The summed E-state index contributed by atoms with van der Waals surface area (Å²) >= 11 is 0. The Labute approximate surface area is 104 Å². The van der Waals surface area contributed by atoms with Crippen LogP contribution in [-0.2, 0) is 18.3 Å². The van der Waals surface area contributed by atoms with Crippen molar-refractivity contribution in [1.82, 2.24) is 14.7 Å². The standard InChI is InChI=1S/C13H23N3O/c1-10-6-16(13(3,4)9-17-10)8-12-7-15(5)14-11(12)2/h7,10H,6,8-9H2,1-5H3/t10-/m0/s1. The topological polar surface area (TPSA) is 30.3 Å². The van der Waals surface area contributed by atoms with Crippen LogP contribution in [0.3, 0.4) is 0 Å². The van der Waals surface area contributed by atoms with Crippen LogP contribution in [0.15, 0.2) is 6.20 Å². The van der Waals surface area contributed by atoms with E-state index in [1.54, 1.807) is 0 Å². The molecular weight excluding hydrogens is 214 g/mol. The van der Waals surface area contributed by atoms with Gasteiger partial charge in [0.05, 0.1) is 18.4 Å². The highest BCUT2D eigenvalue weighted by molar-refractivity contribution is 5.15. The Hall–Kier alpha value is -0.870. The maximum absolute atomic E-state index is 5.73. The average Bonchev–Trinajstić information content (AvgIpc) is 2.52. The van der Waals surface area contributed by atoms with E-state index in [4.69, 9.17) is 4.74 Å². The third kappa shape index (κ3) is 2.69. The normalized spacial score (nSPS) is 25.1. The average molecular weight is 237 g/mol. The first kappa shape index (κ1) is 12.6. The Morgan fingerprint density at radius 1 is 1.53 bits per heavy atom. The minimum absolute atomic E-state index is 0.106. The molecule has 0 amide bonds. The predicted molar refractivity (Wildman–Crippen MR) is 67.8 cm³/mol. The van der Waals surface area contributed by atoms with Gasteiger partial charge in [-0.25, -0.2) is 0 Å². The molecule has 2 heterocycles. The van der Waals surface area contributed by atoms with Gasteiger partial charge < -0.3 is 4.74 Å². The molecule has 1 aliphatic heterocycles. The molecular formula is C13H23N3O. The second-order valence-corrected chi connectivity index (χ2v) is 5.73. The van der Waals surface area contributed by atoms with Crippen molar-refractivity contribution in [3.8, 4) is 0 Å². The molecule has 0 unspecified atom stereocenters. The summed E-state index contributed by atoms with van der Waals surface area (Å²) in [5, 5.41) is 4.40. The first-order valence-electron chi connectivity index (χ1n) is 6.24. The smallest absolute Gasteiger partial charge is 0.0675 e. The molecule has 0 bridgehead atoms. The molecule has 1 atom stereocenters. The van der Waals surface area contributed by atoms with Crippen LogP contribution in [0.4, 0.5) is 0 Å². The lowest BCUT2D eigenvalue weighted by atomic mass is 10.00. The molecule has 0 radical (unpaired) electrons. The van der Waals surface area contributed by atoms with Crippen LogP contribution >= 0.6 is 0 Å². The number of aromatic nitrogens is 2. The Morgan fingerprint density at radius 3 is 2.82 bits per heavy atom. The summed E-state index contributed by atoms with van der Waals surface area (Å²) in [5.41, 5.74) is 2.55. The molecule has 17 heavy (non-hydrogen) atoms. The molecule has 96 valence electrons. The highest BCUT2D eigenvalue weighted by Gasteiger charge is 2.33. The highest BCUT2D eigenvalue weighted by Crippen LogP contribution is 2.24. The van der Waals surface area contributed by atoms with Gasteiger partial charge in [0.2, 0.25) is 0 Å². The first-order chi connectivity index (χ1) is 7.88. The Bertz CT molecular complexity index is 397. The first-order valence-corrected chi connectivity index (χ1v) is 6.24. The van der Waals surface area contributed by atoms with E-state index in [2.05, 4.69) is 43.9 Å². The fourth-order valence-corrected chi connectivity index (χ4v) is 2.34. The van der Waals surface area contributed by atoms with Crippen LogP contribution in [0.2, 0.25) is 0 Å².